The number of hydrogen-bond donors (Lipinski definition) is 1. The monoisotopic (exact) mass is 412 g/mol. The van der Waals surface area contributed by atoms with E-state index in [1.807, 2.05) is 4.57 Å². The Morgan fingerprint density at radius 3 is 2.74 bits per heavy atom. The molecule has 0 aliphatic carbocycles. The number of likely N-dealkylation sites (tertiary alicyclic amines) is 2. The zero-order valence-corrected chi connectivity index (χ0v) is 17.7. The molecular weight excluding hydrogens is 384 g/mol. The second-order valence-corrected chi connectivity index (χ2v) is 8.99. The van der Waals surface area contributed by atoms with Crippen LogP contribution in [0.4, 0.5) is 0 Å². The Labute approximate surface area is 182 Å². The maximum Gasteiger partial charge on any atom is 0.123 e. The molecular formula is C25H28N6. The molecule has 6 heteroatoms. The molecule has 2 aromatic heterocycles. The lowest BCUT2D eigenvalue weighted by Crippen LogP contribution is -2.36. The fourth-order valence-corrected chi connectivity index (χ4v) is 5.52. The van der Waals surface area contributed by atoms with Gasteiger partial charge in [0.1, 0.15) is 12.7 Å². The second-order valence-electron chi connectivity index (χ2n) is 8.99. The number of H-pyrrole nitrogens is 1. The minimum Gasteiger partial charge on any atom is -0.361 e. The van der Waals surface area contributed by atoms with Gasteiger partial charge in [0.2, 0.25) is 0 Å². The summed E-state index contributed by atoms with van der Waals surface area (Å²) in [6, 6.07) is 18.1. The average Bonchev–Trinajstić information content (AvgIpc) is 3.58. The van der Waals surface area contributed by atoms with E-state index in [4.69, 9.17) is 0 Å². The molecule has 4 aromatic rings. The molecule has 31 heavy (non-hydrogen) atoms. The topological polar surface area (TPSA) is 53.0 Å². The number of nitrogens with one attached hydrogen (secondary N) is 1. The maximum atomic E-state index is 3.93. The highest BCUT2D eigenvalue weighted by atomic mass is 15.3. The predicted molar refractivity (Wildman–Crippen MR) is 122 cm³/mol. The van der Waals surface area contributed by atoms with Crippen molar-refractivity contribution < 1.29 is 0 Å². The van der Waals surface area contributed by atoms with Gasteiger partial charge in [-0.2, -0.15) is 0 Å². The summed E-state index contributed by atoms with van der Waals surface area (Å²) in [5.74, 6) is 0.826. The Hall–Kier alpha value is -2.96. The molecule has 2 unspecified atom stereocenters. The van der Waals surface area contributed by atoms with Gasteiger partial charge in [0, 0.05) is 55.0 Å². The van der Waals surface area contributed by atoms with Gasteiger partial charge in [-0.15, -0.1) is 10.2 Å². The molecule has 0 bridgehead atoms. The van der Waals surface area contributed by atoms with Crippen molar-refractivity contribution >= 4 is 10.9 Å². The van der Waals surface area contributed by atoms with E-state index in [-0.39, 0.29) is 0 Å². The summed E-state index contributed by atoms with van der Waals surface area (Å²) in [7, 11) is 0. The van der Waals surface area contributed by atoms with Gasteiger partial charge in [-0.1, -0.05) is 30.3 Å². The van der Waals surface area contributed by atoms with Gasteiger partial charge < -0.3 is 4.98 Å². The van der Waals surface area contributed by atoms with Gasteiger partial charge in [0.25, 0.3) is 0 Å². The molecule has 2 aliphatic rings. The highest BCUT2D eigenvalue weighted by Crippen LogP contribution is 2.32. The molecule has 158 valence electrons. The van der Waals surface area contributed by atoms with Gasteiger partial charge in [0.05, 0.1) is 0 Å². The van der Waals surface area contributed by atoms with Crippen LogP contribution >= 0.6 is 0 Å². The molecule has 4 heterocycles. The van der Waals surface area contributed by atoms with E-state index < -0.39 is 0 Å². The molecule has 2 aliphatic heterocycles. The van der Waals surface area contributed by atoms with E-state index in [2.05, 4.69) is 79.7 Å². The third kappa shape index (κ3) is 3.66. The lowest BCUT2D eigenvalue weighted by molar-refractivity contribution is 0.224. The van der Waals surface area contributed by atoms with Crippen LogP contribution in [0.25, 0.3) is 16.6 Å². The molecule has 1 N–H and O–H groups in total. The first kappa shape index (κ1) is 18.8. The summed E-state index contributed by atoms with van der Waals surface area (Å²) in [6.07, 6.45) is 8.10. The third-order valence-electron chi connectivity index (χ3n) is 7.12. The van der Waals surface area contributed by atoms with Crippen molar-refractivity contribution in [1.29, 1.82) is 0 Å². The first-order chi connectivity index (χ1) is 15.3. The number of fused-ring (bicyclic) bond motifs is 2. The van der Waals surface area contributed by atoms with Crippen molar-refractivity contribution in [2.45, 2.75) is 25.4 Å². The summed E-state index contributed by atoms with van der Waals surface area (Å²) in [4.78, 5) is 8.83. The number of rotatable bonds is 6. The Bertz CT molecular complexity index is 1150. The zero-order valence-electron chi connectivity index (χ0n) is 17.7. The van der Waals surface area contributed by atoms with Gasteiger partial charge in [-0.3, -0.25) is 14.4 Å². The van der Waals surface area contributed by atoms with Crippen LogP contribution < -0.4 is 0 Å². The van der Waals surface area contributed by atoms with Crippen LogP contribution in [0.5, 0.6) is 0 Å². The van der Waals surface area contributed by atoms with E-state index in [1.165, 1.54) is 48.1 Å². The van der Waals surface area contributed by atoms with Crippen molar-refractivity contribution in [3.05, 3.63) is 78.5 Å². The number of benzene rings is 2. The van der Waals surface area contributed by atoms with Crippen molar-refractivity contribution in [3.8, 4) is 5.69 Å². The minimum absolute atomic E-state index is 0.710. The third-order valence-corrected chi connectivity index (χ3v) is 7.12. The quantitative estimate of drug-likeness (QED) is 0.527. The van der Waals surface area contributed by atoms with E-state index in [9.17, 15) is 0 Å². The summed E-state index contributed by atoms with van der Waals surface area (Å²) in [6.45, 7) is 5.89. The second kappa shape index (κ2) is 7.94. The van der Waals surface area contributed by atoms with E-state index >= 15 is 0 Å². The molecule has 0 saturated carbocycles. The SMILES string of the molecule is c1ccc(CN2CC3CCN(CCc4c[nH]c5ccc(-n6cnnc6)cc45)C3C2)cc1. The fraction of sp³-hybridized carbons (Fsp3) is 0.360. The summed E-state index contributed by atoms with van der Waals surface area (Å²) in [5.41, 5.74) is 5.12. The smallest absolute Gasteiger partial charge is 0.123 e. The van der Waals surface area contributed by atoms with E-state index in [0.717, 1.165) is 31.1 Å². The highest BCUT2D eigenvalue weighted by Gasteiger charge is 2.40. The normalized spacial score (nSPS) is 21.8. The molecule has 2 aromatic carbocycles. The van der Waals surface area contributed by atoms with Gasteiger partial charge in [0.15, 0.2) is 0 Å². The van der Waals surface area contributed by atoms with Crippen LogP contribution in [-0.4, -0.2) is 61.8 Å². The molecule has 0 amide bonds. The standard InChI is InChI=1S/C25H28N6/c1-2-4-19(5-3-1)14-29-15-21-9-11-30(25(21)16-29)10-8-20-13-26-24-7-6-22(12-23(20)24)31-17-27-28-18-31/h1-7,12-13,17-18,21,25-26H,8-11,14-16H2. The number of aromatic nitrogens is 4. The number of nitrogens with zero attached hydrogens (tertiary/aromatic N) is 5. The fourth-order valence-electron chi connectivity index (χ4n) is 5.52. The van der Waals surface area contributed by atoms with Crippen molar-refractivity contribution in [2.75, 3.05) is 26.2 Å². The Morgan fingerprint density at radius 1 is 1.00 bits per heavy atom. The molecule has 0 radical (unpaired) electrons. The average molecular weight is 413 g/mol. The zero-order chi connectivity index (χ0) is 20.6. The first-order valence-corrected chi connectivity index (χ1v) is 11.3. The Morgan fingerprint density at radius 2 is 1.87 bits per heavy atom. The Balaban J connectivity index is 1.13. The molecule has 2 atom stereocenters. The van der Waals surface area contributed by atoms with Crippen molar-refractivity contribution in [1.82, 2.24) is 29.5 Å². The van der Waals surface area contributed by atoms with Gasteiger partial charge >= 0.3 is 0 Å². The maximum absolute atomic E-state index is 3.93. The van der Waals surface area contributed by atoms with Crippen molar-refractivity contribution in [2.24, 2.45) is 5.92 Å². The van der Waals surface area contributed by atoms with Gasteiger partial charge in [-0.25, -0.2) is 0 Å². The first-order valence-electron chi connectivity index (χ1n) is 11.3. The predicted octanol–water partition coefficient (Wildman–Crippen LogP) is 3.50. The largest absolute Gasteiger partial charge is 0.361 e. The van der Waals surface area contributed by atoms with Crippen LogP contribution in [0.1, 0.15) is 17.5 Å². The van der Waals surface area contributed by atoms with Gasteiger partial charge in [-0.05, 0) is 54.6 Å². The van der Waals surface area contributed by atoms with E-state index in [1.54, 1.807) is 12.7 Å². The highest BCUT2D eigenvalue weighted by molar-refractivity contribution is 5.85. The minimum atomic E-state index is 0.710. The summed E-state index contributed by atoms with van der Waals surface area (Å²) >= 11 is 0. The van der Waals surface area contributed by atoms with Crippen LogP contribution in [-0.2, 0) is 13.0 Å². The number of hydrogen-bond acceptors (Lipinski definition) is 4. The lowest BCUT2D eigenvalue weighted by atomic mass is 10.0. The molecule has 6 nitrogen and oxygen atoms in total. The van der Waals surface area contributed by atoms with Crippen molar-refractivity contribution in [3.63, 3.8) is 0 Å². The molecule has 2 fully saturated rings. The summed E-state index contributed by atoms with van der Waals surface area (Å²) < 4.78 is 1.96. The molecule has 2 saturated heterocycles. The molecule has 0 spiro atoms. The summed E-state index contributed by atoms with van der Waals surface area (Å²) in [5, 5.41) is 9.17. The van der Waals surface area contributed by atoms with Crippen LogP contribution in [0, 0.1) is 5.92 Å². The Kier molecular flexibility index (Phi) is 4.81. The van der Waals surface area contributed by atoms with E-state index in [0.29, 0.717) is 6.04 Å². The van der Waals surface area contributed by atoms with Crippen LogP contribution in [0.2, 0.25) is 0 Å². The van der Waals surface area contributed by atoms with Crippen LogP contribution in [0.3, 0.4) is 0 Å². The lowest BCUT2D eigenvalue weighted by Gasteiger charge is -2.24. The van der Waals surface area contributed by atoms with Crippen LogP contribution in [0.15, 0.2) is 67.4 Å². The molecule has 6 rings (SSSR count). The number of aromatic amines is 1.